The first-order chi connectivity index (χ1) is 8.71. The summed E-state index contributed by atoms with van der Waals surface area (Å²) in [4.78, 5) is 0.999. The first-order valence-corrected chi connectivity index (χ1v) is 7.10. The molecule has 0 saturated heterocycles. The lowest BCUT2D eigenvalue weighted by Crippen LogP contribution is -2.11. The summed E-state index contributed by atoms with van der Waals surface area (Å²) in [6.45, 7) is 6.03. The Hall–Kier alpha value is -1.02. The summed E-state index contributed by atoms with van der Waals surface area (Å²) in [5.41, 5.74) is 1.85. The molecule has 0 amide bonds. The minimum Gasteiger partial charge on any atom is -0.396 e. The van der Waals surface area contributed by atoms with Crippen molar-refractivity contribution >= 4 is 11.8 Å². The lowest BCUT2D eigenvalue weighted by molar-refractivity contribution is 0.289. The maximum atomic E-state index is 9.18. The zero-order chi connectivity index (χ0) is 13.4. The highest BCUT2D eigenvalue weighted by Crippen LogP contribution is 2.28. The molecule has 0 aliphatic heterocycles. The van der Waals surface area contributed by atoms with Gasteiger partial charge in [0, 0.05) is 23.3 Å². The summed E-state index contributed by atoms with van der Waals surface area (Å²) in [5, 5.41) is 21.6. The number of nitriles is 1. The van der Waals surface area contributed by atoms with Crippen LogP contribution in [-0.4, -0.2) is 23.5 Å². The maximum absolute atomic E-state index is 9.18. The second kappa shape index (κ2) is 8.15. The van der Waals surface area contributed by atoms with Crippen LogP contribution in [0.1, 0.15) is 31.4 Å². The number of hydrogen-bond donors (Lipinski definition) is 2. The maximum Gasteiger partial charge on any atom is 0.100 e. The summed E-state index contributed by atoms with van der Waals surface area (Å²) < 4.78 is 0. The van der Waals surface area contributed by atoms with Gasteiger partial charge in [0.15, 0.2) is 0 Å². The van der Waals surface area contributed by atoms with Crippen LogP contribution in [-0.2, 0) is 6.54 Å². The molecule has 3 nitrogen and oxygen atoms in total. The van der Waals surface area contributed by atoms with E-state index in [2.05, 4.69) is 31.3 Å². The molecule has 1 unspecified atom stereocenters. The van der Waals surface area contributed by atoms with Crippen molar-refractivity contribution in [2.45, 2.75) is 37.0 Å². The van der Waals surface area contributed by atoms with Crippen molar-refractivity contribution in [1.82, 2.24) is 5.32 Å². The van der Waals surface area contributed by atoms with Crippen molar-refractivity contribution in [3.63, 3.8) is 0 Å². The van der Waals surface area contributed by atoms with Gasteiger partial charge in [0.25, 0.3) is 0 Å². The molecule has 0 aliphatic carbocycles. The minimum atomic E-state index is 0.189. The van der Waals surface area contributed by atoms with Crippen molar-refractivity contribution in [3.05, 3.63) is 29.3 Å². The number of nitrogens with zero attached hydrogens (tertiary/aromatic N) is 1. The summed E-state index contributed by atoms with van der Waals surface area (Å²) in [6.07, 6.45) is 0.745. The van der Waals surface area contributed by atoms with E-state index in [1.54, 1.807) is 11.8 Å². The summed E-state index contributed by atoms with van der Waals surface area (Å²) in [6, 6.07) is 8.25. The first-order valence-electron chi connectivity index (χ1n) is 6.22. The number of benzene rings is 1. The number of hydrogen-bond acceptors (Lipinski definition) is 4. The number of thioether (sulfide) groups is 1. The van der Waals surface area contributed by atoms with Gasteiger partial charge in [0.1, 0.15) is 6.07 Å². The largest absolute Gasteiger partial charge is 0.396 e. The predicted octanol–water partition coefficient (Wildman–Crippen LogP) is 2.53. The highest BCUT2D eigenvalue weighted by atomic mass is 32.2. The van der Waals surface area contributed by atoms with Crippen LogP contribution in [0.15, 0.2) is 23.1 Å². The van der Waals surface area contributed by atoms with Crippen LogP contribution >= 0.6 is 11.8 Å². The van der Waals surface area contributed by atoms with E-state index in [0.29, 0.717) is 5.25 Å². The Morgan fingerprint density at radius 1 is 1.50 bits per heavy atom. The molecule has 0 aromatic heterocycles. The Morgan fingerprint density at radius 3 is 2.89 bits per heavy atom. The monoisotopic (exact) mass is 264 g/mol. The van der Waals surface area contributed by atoms with Crippen LogP contribution in [0.2, 0.25) is 0 Å². The Morgan fingerprint density at radius 2 is 2.28 bits per heavy atom. The number of aliphatic hydroxyl groups excluding tert-OH is 1. The fourth-order valence-corrected chi connectivity index (χ4v) is 2.64. The third-order valence-corrected chi connectivity index (χ3v) is 3.86. The Labute approximate surface area is 113 Å². The van der Waals surface area contributed by atoms with Crippen molar-refractivity contribution in [2.75, 3.05) is 13.2 Å². The SMILES string of the molecule is CCNCc1ccc(SC(C)CCO)c(C#N)c1. The lowest BCUT2D eigenvalue weighted by Gasteiger charge is -2.11. The zero-order valence-corrected chi connectivity index (χ0v) is 11.8. The van der Waals surface area contributed by atoms with E-state index in [4.69, 9.17) is 5.11 Å². The van der Waals surface area contributed by atoms with Crippen LogP contribution in [0.4, 0.5) is 0 Å². The molecule has 1 aromatic rings. The highest BCUT2D eigenvalue weighted by molar-refractivity contribution is 8.00. The normalized spacial score (nSPS) is 12.1. The molecule has 0 saturated carbocycles. The third-order valence-electron chi connectivity index (χ3n) is 2.61. The van der Waals surface area contributed by atoms with Gasteiger partial charge >= 0.3 is 0 Å². The first kappa shape index (κ1) is 15.0. The van der Waals surface area contributed by atoms with E-state index in [1.807, 2.05) is 12.1 Å². The average Bonchev–Trinajstić information content (AvgIpc) is 2.37. The average molecular weight is 264 g/mol. The van der Waals surface area contributed by atoms with Gasteiger partial charge in [-0.3, -0.25) is 0 Å². The van der Waals surface area contributed by atoms with Crippen molar-refractivity contribution < 1.29 is 5.11 Å². The second-order valence-electron chi connectivity index (χ2n) is 4.16. The van der Waals surface area contributed by atoms with E-state index < -0.39 is 0 Å². The second-order valence-corrected chi connectivity index (χ2v) is 5.64. The molecule has 1 rings (SSSR count). The molecule has 0 aliphatic rings. The topological polar surface area (TPSA) is 56.0 Å². The number of rotatable bonds is 7. The van der Waals surface area contributed by atoms with E-state index in [-0.39, 0.29) is 6.61 Å². The Balaban J connectivity index is 2.77. The molecule has 0 bridgehead atoms. The van der Waals surface area contributed by atoms with Crippen LogP contribution in [0, 0.1) is 11.3 Å². The minimum absolute atomic E-state index is 0.189. The van der Waals surface area contributed by atoms with E-state index in [9.17, 15) is 5.26 Å². The van der Waals surface area contributed by atoms with Gasteiger partial charge in [-0.25, -0.2) is 0 Å². The molecule has 1 aromatic carbocycles. The highest BCUT2D eigenvalue weighted by Gasteiger charge is 2.09. The summed E-state index contributed by atoms with van der Waals surface area (Å²) >= 11 is 1.65. The molecule has 1 atom stereocenters. The molecule has 4 heteroatoms. The lowest BCUT2D eigenvalue weighted by atomic mass is 10.1. The molecule has 18 heavy (non-hydrogen) atoms. The van der Waals surface area contributed by atoms with Crippen molar-refractivity contribution in [1.29, 1.82) is 5.26 Å². The van der Waals surface area contributed by atoms with Crippen LogP contribution < -0.4 is 5.32 Å². The number of aliphatic hydroxyl groups is 1. The fraction of sp³-hybridized carbons (Fsp3) is 0.500. The van der Waals surface area contributed by atoms with E-state index >= 15 is 0 Å². The van der Waals surface area contributed by atoms with Crippen molar-refractivity contribution in [2.24, 2.45) is 0 Å². The van der Waals surface area contributed by atoms with Crippen LogP contribution in [0.25, 0.3) is 0 Å². The molecule has 2 N–H and O–H groups in total. The van der Waals surface area contributed by atoms with E-state index in [1.165, 1.54) is 0 Å². The standard InChI is InChI=1S/C14H20N2OS/c1-3-16-10-12-4-5-14(13(8-12)9-15)18-11(2)6-7-17/h4-5,8,11,16-17H,3,6-7,10H2,1-2H3. The quantitative estimate of drug-likeness (QED) is 0.743. The van der Waals surface area contributed by atoms with E-state index in [0.717, 1.165) is 35.5 Å². The molecule has 0 spiro atoms. The molecule has 0 fully saturated rings. The van der Waals surface area contributed by atoms with Gasteiger partial charge in [-0.05, 0) is 30.7 Å². The Kier molecular flexibility index (Phi) is 6.81. The molecular weight excluding hydrogens is 244 g/mol. The van der Waals surface area contributed by atoms with Crippen LogP contribution in [0.3, 0.4) is 0 Å². The van der Waals surface area contributed by atoms with Gasteiger partial charge in [0.05, 0.1) is 5.56 Å². The fourth-order valence-electron chi connectivity index (χ4n) is 1.60. The summed E-state index contributed by atoms with van der Waals surface area (Å²) in [7, 11) is 0. The molecular formula is C14H20N2OS. The molecule has 0 radical (unpaired) electrons. The van der Waals surface area contributed by atoms with Gasteiger partial charge in [-0.15, -0.1) is 11.8 Å². The summed E-state index contributed by atoms with van der Waals surface area (Å²) in [5.74, 6) is 0. The predicted molar refractivity (Wildman–Crippen MR) is 75.6 cm³/mol. The van der Waals surface area contributed by atoms with Crippen molar-refractivity contribution in [3.8, 4) is 6.07 Å². The third kappa shape index (κ3) is 4.69. The smallest absolute Gasteiger partial charge is 0.100 e. The Bertz CT molecular complexity index is 415. The van der Waals surface area contributed by atoms with Gasteiger partial charge < -0.3 is 10.4 Å². The van der Waals surface area contributed by atoms with Gasteiger partial charge in [-0.2, -0.15) is 5.26 Å². The van der Waals surface area contributed by atoms with Gasteiger partial charge in [0.2, 0.25) is 0 Å². The molecule has 0 heterocycles. The molecule has 98 valence electrons. The number of nitrogens with one attached hydrogen (secondary N) is 1. The zero-order valence-electron chi connectivity index (χ0n) is 10.9. The van der Waals surface area contributed by atoms with Gasteiger partial charge in [-0.1, -0.05) is 19.9 Å². The van der Waals surface area contributed by atoms with Crippen LogP contribution in [0.5, 0.6) is 0 Å².